The van der Waals surface area contributed by atoms with E-state index in [9.17, 15) is 14.4 Å². The number of hydrogen-bond acceptors (Lipinski definition) is 3. The van der Waals surface area contributed by atoms with E-state index in [0.717, 1.165) is 23.2 Å². The SMILES string of the molecule is Cc1cccc(N(CN2C(=O)[C@H]3[C@@H]4C=C[C@@H]([C@H]5C[C@H]45)[C@@H]3C2=O)C(=O)c2ccccc2)c1C. The average molecular weight is 427 g/mol. The van der Waals surface area contributed by atoms with Gasteiger partial charge in [-0.2, -0.15) is 0 Å². The number of imide groups is 1. The topological polar surface area (TPSA) is 57.7 Å². The van der Waals surface area contributed by atoms with Crippen LogP contribution < -0.4 is 4.90 Å². The summed E-state index contributed by atoms with van der Waals surface area (Å²) >= 11 is 0. The Morgan fingerprint density at radius 2 is 1.53 bits per heavy atom. The zero-order valence-electron chi connectivity index (χ0n) is 18.3. The van der Waals surface area contributed by atoms with Gasteiger partial charge in [0.05, 0.1) is 11.8 Å². The maximum Gasteiger partial charge on any atom is 0.259 e. The van der Waals surface area contributed by atoms with Crippen molar-refractivity contribution in [3.8, 4) is 0 Å². The number of carbonyl (C=O) groups is 3. The van der Waals surface area contributed by atoms with Gasteiger partial charge in [0.2, 0.25) is 11.8 Å². The minimum Gasteiger partial charge on any atom is -0.289 e. The molecule has 5 heteroatoms. The van der Waals surface area contributed by atoms with Crippen LogP contribution in [0.15, 0.2) is 60.7 Å². The van der Waals surface area contributed by atoms with Crippen LogP contribution in [0.25, 0.3) is 0 Å². The van der Waals surface area contributed by atoms with Crippen molar-refractivity contribution < 1.29 is 14.4 Å². The summed E-state index contributed by atoms with van der Waals surface area (Å²) in [6.07, 6.45) is 5.48. The second-order valence-electron chi connectivity index (χ2n) is 9.72. The molecule has 5 aliphatic rings. The predicted octanol–water partition coefficient (Wildman–Crippen LogP) is 3.96. The van der Waals surface area contributed by atoms with Crippen molar-refractivity contribution in [2.75, 3.05) is 11.6 Å². The molecule has 5 nitrogen and oxygen atoms in total. The van der Waals surface area contributed by atoms with Gasteiger partial charge >= 0.3 is 0 Å². The molecule has 6 atom stereocenters. The van der Waals surface area contributed by atoms with Gasteiger partial charge in [-0.15, -0.1) is 0 Å². The van der Waals surface area contributed by atoms with E-state index in [4.69, 9.17) is 0 Å². The minimum atomic E-state index is -0.256. The molecule has 0 N–H and O–H groups in total. The van der Waals surface area contributed by atoms with Crippen LogP contribution in [0.2, 0.25) is 0 Å². The molecule has 1 saturated heterocycles. The molecule has 0 spiro atoms. The Morgan fingerprint density at radius 1 is 0.906 bits per heavy atom. The van der Waals surface area contributed by atoms with Crippen LogP contribution in [-0.4, -0.2) is 29.3 Å². The summed E-state index contributed by atoms with van der Waals surface area (Å²) < 4.78 is 0. The Kier molecular flexibility index (Phi) is 4.19. The number of benzene rings is 2. The average Bonchev–Trinajstić information content (AvgIpc) is 3.60. The summed E-state index contributed by atoms with van der Waals surface area (Å²) in [6.45, 7) is 3.93. The third-order valence-corrected chi connectivity index (χ3v) is 8.17. The van der Waals surface area contributed by atoms with Crippen LogP contribution in [0.5, 0.6) is 0 Å². The van der Waals surface area contributed by atoms with E-state index in [1.165, 1.54) is 4.90 Å². The minimum absolute atomic E-state index is 0.0442. The summed E-state index contributed by atoms with van der Waals surface area (Å²) in [5.41, 5.74) is 3.30. The molecule has 2 bridgehead atoms. The first-order chi connectivity index (χ1) is 15.5. The van der Waals surface area contributed by atoms with Crippen molar-refractivity contribution in [3.05, 3.63) is 77.4 Å². The summed E-state index contributed by atoms with van der Waals surface area (Å²) in [4.78, 5) is 43.6. The summed E-state index contributed by atoms with van der Waals surface area (Å²) in [7, 11) is 0. The molecule has 1 heterocycles. The fourth-order valence-electron chi connectivity index (χ4n) is 6.31. The lowest BCUT2D eigenvalue weighted by Gasteiger charge is -2.37. The van der Waals surface area contributed by atoms with Crippen LogP contribution in [0.4, 0.5) is 5.69 Å². The molecule has 0 radical (unpaired) electrons. The molecule has 1 aliphatic heterocycles. The second-order valence-corrected chi connectivity index (χ2v) is 9.72. The van der Waals surface area contributed by atoms with Crippen LogP contribution in [0.3, 0.4) is 0 Å². The largest absolute Gasteiger partial charge is 0.289 e. The zero-order chi connectivity index (χ0) is 22.1. The van der Waals surface area contributed by atoms with Crippen LogP contribution in [-0.2, 0) is 9.59 Å². The smallest absolute Gasteiger partial charge is 0.259 e. The molecule has 2 aromatic carbocycles. The number of carbonyl (C=O) groups excluding carboxylic acids is 3. The molecule has 162 valence electrons. The standard InChI is InChI=1S/C27H26N2O3/c1-15-7-6-10-22(16(15)2)28(25(30)17-8-4-3-5-9-17)14-29-26(31)23-18-11-12-19(21-13-20(18)21)24(23)27(29)32/h3-12,18-21,23-24H,13-14H2,1-2H3/t18-,19+,20-,21-,23+,24+/m1/s1. The van der Waals surface area contributed by atoms with Crippen molar-refractivity contribution >= 4 is 23.4 Å². The highest BCUT2D eigenvalue weighted by Crippen LogP contribution is 2.65. The zero-order valence-corrected chi connectivity index (χ0v) is 18.3. The van der Waals surface area contributed by atoms with E-state index in [1.807, 2.05) is 50.2 Å². The Labute approximate surface area is 187 Å². The Hall–Kier alpha value is -3.21. The predicted molar refractivity (Wildman–Crippen MR) is 121 cm³/mol. The van der Waals surface area contributed by atoms with Crippen molar-refractivity contribution in [2.24, 2.45) is 35.5 Å². The highest BCUT2D eigenvalue weighted by molar-refractivity contribution is 6.10. The number of rotatable bonds is 4. The molecule has 3 fully saturated rings. The first-order valence-corrected chi connectivity index (χ1v) is 11.4. The lowest BCUT2D eigenvalue weighted by atomic mass is 9.63. The summed E-state index contributed by atoms with van der Waals surface area (Å²) in [5.74, 6) is 0.529. The van der Waals surface area contributed by atoms with Gasteiger partial charge in [-0.1, -0.05) is 42.5 Å². The molecule has 4 aliphatic carbocycles. The summed E-state index contributed by atoms with van der Waals surface area (Å²) in [6, 6.07) is 14.9. The number of allylic oxidation sites excluding steroid dienone is 2. The van der Waals surface area contributed by atoms with Gasteiger partial charge in [0.15, 0.2) is 0 Å². The van der Waals surface area contributed by atoms with Crippen molar-refractivity contribution in [1.82, 2.24) is 4.90 Å². The van der Waals surface area contributed by atoms with E-state index >= 15 is 0 Å². The number of amides is 3. The third-order valence-electron chi connectivity index (χ3n) is 8.17. The Morgan fingerprint density at radius 3 is 2.16 bits per heavy atom. The maximum absolute atomic E-state index is 13.6. The molecule has 32 heavy (non-hydrogen) atoms. The number of likely N-dealkylation sites (tertiary alicyclic amines) is 1. The number of hydrogen-bond donors (Lipinski definition) is 0. The quantitative estimate of drug-likeness (QED) is 0.549. The summed E-state index contributed by atoms with van der Waals surface area (Å²) in [5, 5.41) is 0. The van der Waals surface area contributed by atoms with Gasteiger partial charge in [-0.25, -0.2) is 0 Å². The lowest BCUT2D eigenvalue weighted by molar-refractivity contribution is -0.140. The monoisotopic (exact) mass is 426 g/mol. The van der Waals surface area contributed by atoms with Gasteiger partial charge < -0.3 is 0 Å². The van der Waals surface area contributed by atoms with Gasteiger partial charge in [0, 0.05) is 11.3 Å². The second kappa shape index (κ2) is 6.89. The molecule has 2 saturated carbocycles. The van der Waals surface area contributed by atoms with E-state index < -0.39 is 0 Å². The Bertz CT molecular complexity index is 1130. The molecule has 0 unspecified atom stereocenters. The van der Waals surface area contributed by atoms with E-state index in [2.05, 4.69) is 12.2 Å². The molecule has 0 aromatic heterocycles. The number of aryl methyl sites for hydroxylation is 1. The first-order valence-electron chi connectivity index (χ1n) is 11.4. The molecular formula is C27H26N2O3. The molecule has 3 amide bonds. The van der Waals surface area contributed by atoms with Gasteiger partial charge in [0.1, 0.15) is 6.67 Å². The fourth-order valence-corrected chi connectivity index (χ4v) is 6.31. The molecule has 7 rings (SSSR count). The van der Waals surface area contributed by atoms with E-state index in [0.29, 0.717) is 17.4 Å². The lowest BCUT2D eigenvalue weighted by Crippen LogP contribution is -2.45. The van der Waals surface area contributed by atoms with Gasteiger partial charge in [-0.3, -0.25) is 24.2 Å². The van der Waals surface area contributed by atoms with Gasteiger partial charge in [0.25, 0.3) is 5.91 Å². The number of anilines is 1. The fraction of sp³-hybridized carbons (Fsp3) is 0.370. The maximum atomic E-state index is 13.6. The molecular weight excluding hydrogens is 400 g/mol. The van der Waals surface area contributed by atoms with Crippen molar-refractivity contribution in [1.29, 1.82) is 0 Å². The highest BCUT2D eigenvalue weighted by Gasteiger charge is 2.67. The highest BCUT2D eigenvalue weighted by atomic mass is 16.2. The van der Waals surface area contributed by atoms with Crippen LogP contribution in [0.1, 0.15) is 27.9 Å². The van der Waals surface area contributed by atoms with Crippen LogP contribution in [0, 0.1) is 49.4 Å². The van der Waals surface area contributed by atoms with Gasteiger partial charge in [-0.05, 0) is 73.3 Å². The van der Waals surface area contributed by atoms with E-state index in [1.54, 1.807) is 17.0 Å². The van der Waals surface area contributed by atoms with E-state index in [-0.39, 0.29) is 48.1 Å². The number of nitrogens with zero attached hydrogens (tertiary/aromatic N) is 2. The van der Waals surface area contributed by atoms with Crippen molar-refractivity contribution in [2.45, 2.75) is 20.3 Å². The molecule has 2 aromatic rings. The Balaban J connectivity index is 1.37. The van der Waals surface area contributed by atoms with Crippen molar-refractivity contribution in [3.63, 3.8) is 0 Å². The van der Waals surface area contributed by atoms with Crippen LogP contribution >= 0.6 is 0 Å². The normalized spacial score (nSPS) is 31.5. The first kappa shape index (κ1) is 19.5. The third kappa shape index (κ3) is 2.66.